The van der Waals surface area contributed by atoms with Crippen LogP contribution in [0.4, 0.5) is 15.8 Å². The van der Waals surface area contributed by atoms with Gasteiger partial charge in [0.2, 0.25) is 29.4 Å². The minimum absolute atomic E-state index is 0.124. The number of hydrogen-bond acceptors (Lipinski definition) is 11. The van der Waals surface area contributed by atoms with E-state index in [0.29, 0.717) is 52.8 Å². The fourth-order valence-corrected chi connectivity index (χ4v) is 9.33. The topological polar surface area (TPSA) is 165 Å². The Morgan fingerprint density at radius 2 is 1.84 bits per heavy atom. The van der Waals surface area contributed by atoms with Crippen molar-refractivity contribution in [1.29, 1.82) is 0 Å². The van der Waals surface area contributed by atoms with E-state index in [9.17, 15) is 14.4 Å². The smallest absolute Gasteiger partial charge is 0.249 e. The molecule has 2 unspecified atom stereocenters. The van der Waals surface area contributed by atoms with Crippen LogP contribution in [0.3, 0.4) is 0 Å². The lowest BCUT2D eigenvalue weighted by Crippen LogP contribution is -2.55. The molecule has 3 N–H and O–H groups in total. The third kappa shape index (κ3) is 6.97. The van der Waals surface area contributed by atoms with E-state index in [1.807, 2.05) is 59.7 Å². The lowest BCUT2D eigenvalue weighted by Gasteiger charge is -2.36. The number of H-pyrrole nitrogens is 1. The molecule has 0 radical (unpaired) electrons. The molecule has 62 heavy (non-hydrogen) atoms. The minimum atomic E-state index is -0.816. The number of piperidine rings is 1. The summed E-state index contributed by atoms with van der Waals surface area (Å²) in [5.41, 5.74) is 6.87. The van der Waals surface area contributed by atoms with E-state index in [1.165, 1.54) is 6.33 Å². The molecule has 6 heterocycles. The first-order chi connectivity index (χ1) is 29.5. The summed E-state index contributed by atoms with van der Waals surface area (Å²) in [6.07, 6.45) is 1.98. The monoisotopic (exact) mass is 838 g/mol. The molecule has 15 heteroatoms. The number of hydrogen-bond donors (Lipinski definition) is 3. The molecule has 3 aliphatic rings. The number of aromatic amines is 1. The lowest BCUT2D eigenvalue weighted by atomic mass is 9.83. The van der Waals surface area contributed by atoms with E-state index >= 15 is 4.39 Å². The van der Waals surface area contributed by atoms with Gasteiger partial charge in [0.25, 0.3) is 0 Å². The Bertz CT molecular complexity index is 2810. The molecule has 3 aromatic carbocycles. The van der Waals surface area contributed by atoms with Crippen molar-refractivity contribution in [3.8, 4) is 11.3 Å². The molecule has 14 nitrogen and oxygen atoms in total. The van der Waals surface area contributed by atoms with Crippen LogP contribution in [0.1, 0.15) is 94.4 Å². The second kappa shape index (κ2) is 15.2. The van der Waals surface area contributed by atoms with E-state index in [0.717, 1.165) is 70.5 Å². The SMILES string of the molecule is C=C(NC(C)c1ccc(-c2ncnc3[nH]c4cc(N5CCN(Cc6cccc7c6C(C)(C)C(=O)N7C6CCC(=O)NC6=O)CC5)ccc4c23)c(F)c1C)c1noc(C(C)(C)C)n1. The number of carbonyl (C=O) groups is 3. The van der Waals surface area contributed by atoms with Gasteiger partial charge in [0.15, 0.2) is 0 Å². The van der Waals surface area contributed by atoms with Crippen LogP contribution in [0, 0.1) is 12.7 Å². The Hall–Kier alpha value is -6.48. The van der Waals surface area contributed by atoms with E-state index in [1.54, 1.807) is 17.9 Å². The molecule has 0 bridgehead atoms. The fourth-order valence-electron chi connectivity index (χ4n) is 9.33. The summed E-state index contributed by atoms with van der Waals surface area (Å²) >= 11 is 0. The molecular formula is C47H51FN10O4. The highest BCUT2D eigenvalue weighted by molar-refractivity contribution is 6.14. The Labute approximate surface area is 359 Å². The van der Waals surface area contributed by atoms with Crippen molar-refractivity contribution in [3.05, 3.63) is 101 Å². The molecule has 2 atom stereocenters. The van der Waals surface area contributed by atoms with E-state index in [-0.39, 0.29) is 35.5 Å². The maximum absolute atomic E-state index is 16.4. The van der Waals surface area contributed by atoms with Crippen molar-refractivity contribution in [1.82, 2.24) is 40.6 Å². The summed E-state index contributed by atoms with van der Waals surface area (Å²) in [7, 11) is 0. The molecule has 320 valence electrons. The summed E-state index contributed by atoms with van der Waals surface area (Å²) in [6, 6.07) is 14.9. The number of imide groups is 1. The minimum Gasteiger partial charge on any atom is -0.376 e. The van der Waals surface area contributed by atoms with E-state index in [4.69, 9.17) is 4.52 Å². The number of amides is 3. The van der Waals surface area contributed by atoms with E-state index < -0.39 is 17.4 Å². The average Bonchev–Trinajstić information content (AvgIpc) is 3.94. The highest BCUT2D eigenvalue weighted by Gasteiger charge is 2.50. The van der Waals surface area contributed by atoms with Crippen LogP contribution < -0.4 is 20.4 Å². The number of anilines is 2. The molecule has 0 spiro atoms. The molecule has 3 aliphatic heterocycles. The molecule has 0 saturated carbocycles. The second-order valence-corrected chi connectivity index (χ2v) is 18.3. The third-order valence-electron chi connectivity index (χ3n) is 12.7. The van der Waals surface area contributed by atoms with E-state index in [2.05, 4.69) is 76.4 Å². The number of piperazine rings is 1. The quantitative estimate of drug-likeness (QED) is 0.129. The van der Waals surface area contributed by atoms with Crippen LogP contribution in [-0.4, -0.2) is 79.9 Å². The molecule has 0 aliphatic carbocycles. The maximum Gasteiger partial charge on any atom is 0.249 e. The standard InChI is InChI=1S/C47H51FN10O4/c1-25-30(26(2)51-27(3)41-54-44(62-55-41)46(4,5)6)14-15-32(39(25)48)40-37-31-13-12-29(22-33(31)52-42(37)50-24-49-40)57-20-18-56(19-21-57)23-28-10-9-11-34-38(28)47(7,8)45(61)58(34)35-16-17-36(59)53-43(35)60/h9-15,22,24,26,35,51H,3,16-21,23H2,1-2,4-8H3,(H,49,50,52)(H,53,59,60). The van der Waals surface area contributed by atoms with Crippen molar-refractivity contribution in [2.75, 3.05) is 36.0 Å². The summed E-state index contributed by atoms with van der Waals surface area (Å²) in [5, 5.41) is 11.5. The zero-order chi connectivity index (χ0) is 43.8. The van der Waals surface area contributed by atoms with Crippen LogP contribution in [0.25, 0.3) is 38.9 Å². The van der Waals surface area contributed by atoms with Gasteiger partial charge in [0.1, 0.15) is 23.8 Å². The zero-order valence-electron chi connectivity index (χ0n) is 36.1. The number of aromatic nitrogens is 5. The first-order valence-corrected chi connectivity index (χ1v) is 21.1. The van der Waals surface area contributed by atoms with Gasteiger partial charge < -0.3 is 19.7 Å². The Morgan fingerprint density at radius 1 is 1.06 bits per heavy atom. The van der Waals surface area contributed by atoms with Crippen molar-refractivity contribution in [2.45, 2.75) is 90.8 Å². The van der Waals surface area contributed by atoms with Crippen LogP contribution in [-0.2, 0) is 31.8 Å². The number of nitrogens with zero attached hydrogens (tertiary/aromatic N) is 7. The lowest BCUT2D eigenvalue weighted by molar-refractivity contribution is -0.136. The highest BCUT2D eigenvalue weighted by atomic mass is 19.1. The molecule has 2 saturated heterocycles. The normalized spacial score (nSPS) is 18.7. The summed E-state index contributed by atoms with van der Waals surface area (Å²) in [6.45, 7) is 21.5. The number of nitrogens with one attached hydrogen (secondary N) is 3. The summed E-state index contributed by atoms with van der Waals surface area (Å²) in [4.78, 5) is 62.1. The van der Waals surface area contributed by atoms with Crippen molar-refractivity contribution < 1.29 is 23.3 Å². The van der Waals surface area contributed by atoms with Gasteiger partial charge in [0, 0.05) is 78.4 Å². The number of rotatable bonds is 9. The van der Waals surface area contributed by atoms with Crippen molar-refractivity contribution in [2.24, 2.45) is 0 Å². The number of carbonyl (C=O) groups excluding carboxylic acids is 3. The summed E-state index contributed by atoms with van der Waals surface area (Å²) in [5.74, 6) is -0.339. The van der Waals surface area contributed by atoms with Gasteiger partial charge in [-0.05, 0) is 80.6 Å². The maximum atomic E-state index is 16.4. The van der Waals surface area contributed by atoms with Gasteiger partial charge in [-0.3, -0.25) is 29.5 Å². The molecule has 9 rings (SSSR count). The predicted molar refractivity (Wildman–Crippen MR) is 236 cm³/mol. The first-order valence-electron chi connectivity index (χ1n) is 21.1. The number of fused-ring (bicyclic) bond motifs is 4. The molecule has 2 fully saturated rings. The van der Waals surface area contributed by atoms with Gasteiger partial charge in [-0.2, -0.15) is 4.98 Å². The molecule has 3 aromatic heterocycles. The Balaban J connectivity index is 0.906. The fraction of sp³-hybridized carbons (Fsp3) is 0.383. The van der Waals surface area contributed by atoms with Crippen LogP contribution in [0.15, 0.2) is 66.0 Å². The van der Waals surface area contributed by atoms with Gasteiger partial charge in [-0.25, -0.2) is 14.4 Å². The van der Waals surface area contributed by atoms with Gasteiger partial charge in [0.05, 0.1) is 22.2 Å². The largest absolute Gasteiger partial charge is 0.376 e. The van der Waals surface area contributed by atoms with Gasteiger partial charge >= 0.3 is 0 Å². The van der Waals surface area contributed by atoms with Crippen molar-refractivity contribution in [3.63, 3.8) is 0 Å². The molecule has 3 amide bonds. The van der Waals surface area contributed by atoms with Gasteiger partial charge in [-0.15, -0.1) is 0 Å². The number of halogens is 1. The van der Waals surface area contributed by atoms with Crippen LogP contribution in [0.5, 0.6) is 0 Å². The predicted octanol–water partition coefficient (Wildman–Crippen LogP) is 6.98. The molecular weight excluding hydrogens is 788 g/mol. The second-order valence-electron chi connectivity index (χ2n) is 18.3. The zero-order valence-corrected chi connectivity index (χ0v) is 36.1. The highest BCUT2D eigenvalue weighted by Crippen LogP contribution is 2.46. The van der Waals surface area contributed by atoms with Crippen molar-refractivity contribution >= 4 is 56.7 Å². The third-order valence-corrected chi connectivity index (χ3v) is 12.7. The summed E-state index contributed by atoms with van der Waals surface area (Å²) < 4.78 is 21.9. The molecule has 6 aromatic rings. The van der Waals surface area contributed by atoms with Crippen LogP contribution in [0.2, 0.25) is 0 Å². The Morgan fingerprint density at radius 3 is 2.56 bits per heavy atom. The first kappa shape index (κ1) is 40.9. The van der Waals surface area contributed by atoms with Gasteiger partial charge in [-0.1, -0.05) is 56.8 Å². The Kier molecular flexibility index (Phi) is 10.00. The number of benzene rings is 3. The van der Waals surface area contributed by atoms with Crippen LogP contribution >= 0.6 is 0 Å². The average molecular weight is 839 g/mol.